The molecule has 110 valence electrons. The van der Waals surface area contributed by atoms with Crippen LogP contribution in [0.2, 0.25) is 0 Å². The van der Waals surface area contributed by atoms with E-state index in [4.69, 9.17) is 5.73 Å². The van der Waals surface area contributed by atoms with Crippen molar-refractivity contribution in [2.75, 3.05) is 13.1 Å². The zero-order valence-corrected chi connectivity index (χ0v) is 10.4. The predicted molar refractivity (Wildman–Crippen MR) is 62.0 cm³/mol. The molecule has 0 heterocycles. The Kier molecular flexibility index (Phi) is 5.59. The molecule has 1 fully saturated rings. The Labute approximate surface area is 109 Å². The molecule has 0 radical (unpaired) electrons. The van der Waals surface area contributed by atoms with Crippen molar-refractivity contribution >= 4 is 11.8 Å². The van der Waals surface area contributed by atoms with E-state index in [0.717, 1.165) is 12.8 Å². The van der Waals surface area contributed by atoms with Crippen LogP contribution in [0.4, 0.5) is 13.2 Å². The first-order valence-corrected chi connectivity index (χ1v) is 6.14. The van der Waals surface area contributed by atoms with Gasteiger partial charge in [0.1, 0.15) is 6.54 Å². The van der Waals surface area contributed by atoms with E-state index < -0.39 is 25.2 Å². The third-order valence-corrected chi connectivity index (χ3v) is 2.99. The van der Waals surface area contributed by atoms with E-state index in [1.807, 2.05) is 0 Å². The van der Waals surface area contributed by atoms with Gasteiger partial charge in [0.2, 0.25) is 11.8 Å². The minimum Gasteiger partial charge on any atom is -0.347 e. The van der Waals surface area contributed by atoms with Crippen LogP contribution in [0.1, 0.15) is 25.7 Å². The third-order valence-electron chi connectivity index (χ3n) is 2.99. The SMILES string of the molecule is NC1CCCC(C(=O)NCC(=O)NCC(F)(F)F)C1. The molecule has 4 N–H and O–H groups in total. The van der Waals surface area contributed by atoms with Crippen LogP contribution in [-0.4, -0.2) is 37.1 Å². The summed E-state index contributed by atoms with van der Waals surface area (Å²) in [4.78, 5) is 22.8. The van der Waals surface area contributed by atoms with E-state index in [1.54, 1.807) is 5.32 Å². The Morgan fingerprint density at radius 3 is 2.47 bits per heavy atom. The Morgan fingerprint density at radius 1 is 1.21 bits per heavy atom. The summed E-state index contributed by atoms with van der Waals surface area (Å²) >= 11 is 0. The number of nitrogens with one attached hydrogen (secondary N) is 2. The third kappa shape index (κ3) is 6.42. The molecule has 0 aromatic heterocycles. The summed E-state index contributed by atoms with van der Waals surface area (Å²) in [6.07, 6.45) is -1.48. The summed E-state index contributed by atoms with van der Waals surface area (Å²) in [5, 5.41) is 4.02. The van der Waals surface area contributed by atoms with Crippen LogP contribution in [0.5, 0.6) is 0 Å². The minimum absolute atomic E-state index is 0.0245. The van der Waals surface area contributed by atoms with Crippen molar-refractivity contribution < 1.29 is 22.8 Å². The van der Waals surface area contributed by atoms with E-state index in [-0.39, 0.29) is 17.9 Å². The quantitative estimate of drug-likeness (QED) is 0.693. The highest BCUT2D eigenvalue weighted by Crippen LogP contribution is 2.22. The van der Waals surface area contributed by atoms with Gasteiger partial charge in [-0.15, -0.1) is 0 Å². The predicted octanol–water partition coefficient (Wildman–Crippen LogP) is 0.299. The lowest BCUT2D eigenvalue weighted by Gasteiger charge is -2.25. The molecule has 2 amide bonds. The van der Waals surface area contributed by atoms with Crippen molar-refractivity contribution in [2.45, 2.75) is 37.9 Å². The molecule has 0 aliphatic heterocycles. The summed E-state index contributed by atoms with van der Waals surface area (Å²) in [6, 6.07) is -0.0245. The second kappa shape index (κ2) is 6.74. The minimum atomic E-state index is -4.45. The number of carbonyl (C=O) groups is 2. The molecule has 5 nitrogen and oxygen atoms in total. The van der Waals surface area contributed by atoms with E-state index >= 15 is 0 Å². The van der Waals surface area contributed by atoms with E-state index in [2.05, 4.69) is 5.32 Å². The maximum absolute atomic E-state index is 11.8. The van der Waals surface area contributed by atoms with Gasteiger partial charge >= 0.3 is 6.18 Å². The van der Waals surface area contributed by atoms with Gasteiger partial charge in [0.05, 0.1) is 6.54 Å². The Hall–Kier alpha value is -1.31. The van der Waals surface area contributed by atoms with Crippen molar-refractivity contribution in [1.82, 2.24) is 10.6 Å². The molecular weight excluding hydrogens is 263 g/mol. The number of hydrogen-bond acceptors (Lipinski definition) is 3. The monoisotopic (exact) mass is 281 g/mol. The maximum atomic E-state index is 11.8. The number of hydrogen-bond donors (Lipinski definition) is 3. The standard InChI is InChI=1S/C11H18F3N3O2/c12-11(13,14)6-17-9(18)5-16-10(19)7-2-1-3-8(15)4-7/h7-8H,1-6,15H2,(H,16,19)(H,17,18). The van der Waals surface area contributed by atoms with Gasteiger partial charge in [-0.25, -0.2) is 0 Å². The zero-order chi connectivity index (χ0) is 14.5. The number of nitrogens with two attached hydrogens (primary N) is 1. The fourth-order valence-electron chi connectivity index (χ4n) is 2.04. The number of rotatable bonds is 4. The molecule has 0 aromatic carbocycles. The molecule has 0 aromatic rings. The summed E-state index contributed by atoms with van der Waals surface area (Å²) < 4.78 is 35.5. The van der Waals surface area contributed by atoms with E-state index in [1.165, 1.54) is 0 Å². The summed E-state index contributed by atoms with van der Waals surface area (Å²) in [6.45, 7) is -1.84. The first kappa shape index (κ1) is 15.7. The fraction of sp³-hybridized carbons (Fsp3) is 0.818. The van der Waals surface area contributed by atoms with Crippen LogP contribution in [-0.2, 0) is 9.59 Å². The van der Waals surface area contributed by atoms with Gasteiger partial charge < -0.3 is 16.4 Å². The second-order valence-electron chi connectivity index (χ2n) is 4.73. The molecule has 2 unspecified atom stereocenters. The molecular formula is C11H18F3N3O2. The van der Waals surface area contributed by atoms with Crippen LogP contribution >= 0.6 is 0 Å². The lowest BCUT2D eigenvalue weighted by atomic mass is 9.85. The summed E-state index contributed by atoms with van der Waals surface area (Å²) in [5.41, 5.74) is 5.73. The largest absolute Gasteiger partial charge is 0.405 e. The summed E-state index contributed by atoms with van der Waals surface area (Å²) in [7, 11) is 0. The molecule has 2 atom stereocenters. The second-order valence-corrected chi connectivity index (χ2v) is 4.73. The molecule has 8 heteroatoms. The fourth-order valence-corrected chi connectivity index (χ4v) is 2.04. The average Bonchev–Trinajstić information content (AvgIpc) is 2.32. The first-order chi connectivity index (χ1) is 8.78. The van der Waals surface area contributed by atoms with Crippen molar-refractivity contribution in [1.29, 1.82) is 0 Å². The number of amides is 2. The van der Waals surface area contributed by atoms with Gasteiger partial charge in [-0.2, -0.15) is 13.2 Å². The van der Waals surface area contributed by atoms with Crippen LogP contribution in [0.25, 0.3) is 0 Å². The van der Waals surface area contributed by atoms with E-state index in [9.17, 15) is 22.8 Å². The number of halogens is 3. The van der Waals surface area contributed by atoms with Gasteiger partial charge in [0.25, 0.3) is 0 Å². The van der Waals surface area contributed by atoms with Gasteiger partial charge in [-0.3, -0.25) is 9.59 Å². The molecule has 1 saturated carbocycles. The number of carbonyl (C=O) groups excluding carboxylic acids is 2. The van der Waals surface area contributed by atoms with Gasteiger partial charge in [0.15, 0.2) is 0 Å². The Bertz CT molecular complexity index is 334. The molecule has 1 aliphatic rings. The lowest BCUT2D eigenvalue weighted by Crippen LogP contribution is -2.44. The van der Waals surface area contributed by atoms with Crippen LogP contribution in [0.3, 0.4) is 0 Å². The normalized spacial score (nSPS) is 23.8. The zero-order valence-electron chi connectivity index (χ0n) is 10.4. The van der Waals surface area contributed by atoms with Crippen LogP contribution in [0.15, 0.2) is 0 Å². The molecule has 1 rings (SSSR count). The van der Waals surface area contributed by atoms with E-state index in [0.29, 0.717) is 12.8 Å². The average molecular weight is 281 g/mol. The molecule has 1 aliphatic carbocycles. The smallest absolute Gasteiger partial charge is 0.347 e. The molecule has 19 heavy (non-hydrogen) atoms. The van der Waals surface area contributed by atoms with Gasteiger partial charge in [-0.05, 0) is 19.3 Å². The Morgan fingerprint density at radius 2 is 1.89 bits per heavy atom. The molecule has 0 saturated heterocycles. The van der Waals surface area contributed by atoms with Crippen molar-refractivity contribution in [3.63, 3.8) is 0 Å². The maximum Gasteiger partial charge on any atom is 0.405 e. The van der Waals surface area contributed by atoms with Crippen molar-refractivity contribution in [2.24, 2.45) is 11.7 Å². The Balaban J connectivity index is 2.24. The molecule has 0 spiro atoms. The van der Waals surface area contributed by atoms with Crippen molar-refractivity contribution in [3.05, 3.63) is 0 Å². The topological polar surface area (TPSA) is 84.2 Å². The van der Waals surface area contributed by atoms with Crippen LogP contribution < -0.4 is 16.4 Å². The highest BCUT2D eigenvalue weighted by atomic mass is 19.4. The lowest BCUT2D eigenvalue weighted by molar-refractivity contribution is -0.138. The molecule has 0 bridgehead atoms. The van der Waals surface area contributed by atoms with Gasteiger partial charge in [-0.1, -0.05) is 6.42 Å². The number of alkyl halides is 3. The highest BCUT2D eigenvalue weighted by molar-refractivity contribution is 5.85. The summed E-state index contributed by atoms with van der Waals surface area (Å²) in [5.74, 6) is -1.43. The van der Waals surface area contributed by atoms with Crippen LogP contribution in [0, 0.1) is 5.92 Å². The highest BCUT2D eigenvalue weighted by Gasteiger charge is 2.28. The first-order valence-electron chi connectivity index (χ1n) is 6.14. The van der Waals surface area contributed by atoms with Gasteiger partial charge in [0, 0.05) is 12.0 Å². The van der Waals surface area contributed by atoms with Crippen molar-refractivity contribution in [3.8, 4) is 0 Å².